The van der Waals surface area contributed by atoms with E-state index in [0.29, 0.717) is 22.3 Å². The molecule has 0 bridgehead atoms. The first-order chi connectivity index (χ1) is 11.1. The van der Waals surface area contributed by atoms with Crippen molar-refractivity contribution in [1.82, 2.24) is 15.5 Å². The second-order valence-electron chi connectivity index (χ2n) is 5.10. The molecule has 1 aliphatic rings. The van der Waals surface area contributed by atoms with Gasteiger partial charge in [0, 0.05) is 24.7 Å². The summed E-state index contributed by atoms with van der Waals surface area (Å²) in [6.07, 6.45) is 0.900. The Morgan fingerprint density at radius 3 is 2.78 bits per heavy atom. The smallest absolute Gasteiger partial charge is 0.317 e. The third kappa shape index (κ3) is 6.83. The molecule has 0 atom stereocenters. The van der Waals surface area contributed by atoms with E-state index in [9.17, 15) is 4.79 Å². The summed E-state index contributed by atoms with van der Waals surface area (Å²) < 4.78 is 10.7. The highest BCUT2D eigenvalue weighted by molar-refractivity contribution is 6.35. The van der Waals surface area contributed by atoms with E-state index in [1.165, 1.54) is 0 Å². The quantitative estimate of drug-likeness (QED) is 0.578. The minimum absolute atomic E-state index is 0.0383. The Morgan fingerprint density at radius 2 is 2.04 bits per heavy atom. The van der Waals surface area contributed by atoms with Gasteiger partial charge in [0.05, 0.1) is 18.2 Å². The van der Waals surface area contributed by atoms with Crippen molar-refractivity contribution in [3.63, 3.8) is 0 Å². The number of nitrogens with zero attached hydrogens (tertiary/aromatic N) is 1. The first-order valence-electron chi connectivity index (χ1n) is 7.55. The summed E-state index contributed by atoms with van der Waals surface area (Å²) in [6.45, 7) is 5.11. The van der Waals surface area contributed by atoms with E-state index < -0.39 is 0 Å². The van der Waals surface area contributed by atoms with E-state index in [-0.39, 0.29) is 12.8 Å². The molecule has 128 valence electrons. The Hall–Kier alpha value is -1.21. The maximum absolute atomic E-state index is 11.6. The van der Waals surface area contributed by atoms with Gasteiger partial charge in [-0.25, -0.2) is 4.79 Å². The lowest BCUT2D eigenvalue weighted by Gasteiger charge is -2.26. The predicted octanol–water partition coefficient (Wildman–Crippen LogP) is 2.35. The standard InChI is InChI=1S/C15H21Cl2N3O3/c16-12-2-3-14(13(17)10-12)23-11-19-15(21)18-4-1-5-20-6-8-22-9-7-20/h2-3,10H,1,4-9,11H2,(H2,18,19,21). The summed E-state index contributed by atoms with van der Waals surface area (Å²) in [6, 6.07) is 4.66. The molecule has 1 saturated heterocycles. The summed E-state index contributed by atoms with van der Waals surface area (Å²) in [5.41, 5.74) is 0. The molecule has 0 aliphatic carbocycles. The molecule has 2 N–H and O–H groups in total. The average Bonchev–Trinajstić information content (AvgIpc) is 2.55. The lowest BCUT2D eigenvalue weighted by Crippen LogP contribution is -2.40. The van der Waals surface area contributed by atoms with Crippen LogP contribution in [0.1, 0.15) is 6.42 Å². The Kier molecular flexibility index (Phi) is 7.74. The van der Waals surface area contributed by atoms with Gasteiger partial charge in [-0.15, -0.1) is 0 Å². The Labute approximate surface area is 146 Å². The van der Waals surface area contributed by atoms with Gasteiger partial charge in [0.15, 0.2) is 6.73 Å². The van der Waals surface area contributed by atoms with E-state index in [1.54, 1.807) is 18.2 Å². The summed E-state index contributed by atoms with van der Waals surface area (Å²) in [7, 11) is 0. The number of hydrogen-bond acceptors (Lipinski definition) is 4. The summed E-state index contributed by atoms with van der Waals surface area (Å²) in [5, 5.41) is 6.35. The van der Waals surface area contributed by atoms with Gasteiger partial charge in [0.25, 0.3) is 0 Å². The van der Waals surface area contributed by atoms with Crippen LogP contribution in [-0.4, -0.2) is 57.1 Å². The molecule has 1 aliphatic heterocycles. The molecule has 6 nitrogen and oxygen atoms in total. The molecular formula is C15H21Cl2N3O3. The molecule has 0 aromatic heterocycles. The molecule has 0 unspecified atom stereocenters. The first kappa shape index (κ1) is 18.1. The van der Waals surface area contributed by atoms with E-state index in [0.717, 1.165) is 39.3 Å². The van der Waals surface area contributed by atoms with Crippen LogP contribution in [0.5, 0.6) is 5.75 Å². The van der Waals surface area contributed by atoms with Crippen LogP contribution in [0.15, 0.2) is 18.2 Å². The van der Waals surface area contributed by atoms with Crippen molar-refractivity contribution >= 4 is 29.2 Å². The summed E-state index contributed by atoms with van der Waals surface area (Å²) in [4.78, 5) is 14.0. The third-order valence-corrected chi connectivity index (χ3v) is 3.93. The van der Waals surface area contributed by atoms with Crippen LogP contribution in [0, 0.1) is 0 Å². The number of hydrogen-bond donors (Lipinski definition) is 2. The van der Waals surface area contributed by atoms with Crippen LogP contribution >= 0.6 is 23.2 Å². The highest BCUT2D eigenvalue weighted by atomic mass is 35.5. The molecule has 2 rings (SSSR count). The normalized spacial score (nSPS) is 15.2. The predicted molar refractivity (Wildman–Crippen MR) is 90.4 cm³/mol. The second kappa shape index (κ2) is 9.82. The minimum Gasteiger partial charge on any atom is -0.472 e. The number of morpholine rings is 1. The van der Waals surface area contributed by atoms with E-state index in [2.05, 4.69) is 15.5 Å². The number of carbonyl (C=O) groups excluding carboxylic acids is 1. The van der Waals surface area contributed by atoms with Gasteiger partial charge in [0.2, 0.25) is 0 Å². The van der Waals surface area contributed by atoms with Crippen molar-refractivity contribution in [1.29, 1.82) is 0 Å². The molecule has 0 spiro atoms. The Morgan fingerprint density at radius 1 is 1.26 bits per heavy atom. The van der Waals surface area contributed by atoms with Crippen molar-refractivity contribution in [2.24, 2.45) is 0 Å². The SMILES string of the molecule is O=C(NCCCN1CCOCC1)NCOc1ccc(Cl)cc1Cl. The zero-order valence-corrected chi connectivity index (χ0v) is 14.3. The van der Waals surface area contributed by atoms with E-state index >= 15 is 0 Å². The molecule has 1 fully saturated rings. The summed E-state index contributed by atoms with van der Waals surface area (Å²) >= 11 is 11.8. The van der Waals surface area contributed by atoms with Gasteiger partial charge >= 0.3 is 6.03 Å². The molecule has 2 amide bonds. The van der Waals surface area contributed by atoms with Crippen LogP contribution in [0.2, 0.25) is 10.0 Å². The van der Waals surface area contributed by atoms with E-state index in [1.807, 2.05) is 0 Å². The number of urea groups is 1. The number of rotatable bonds is 7. The second-order valence-corrected chi connectivity index (χ2v) is 5.95. The number of amides is 2. The molecular weight excluding hydrogens is 341 g/mol. The molecule has 1 heterocycles. The lowest BCUT2D eigenvalue weighted by molar-refractivity contribution is 0.0375. The molecule has 0 saturated carbocycles. The molecule has 1 aromatic carbocycles. The van der Waals surface area contributed by atoms with Crippen LogP contribution in [0.25, 0.3) is 0 Å². The Bertz CT molecular complexity index is 511. The molecule has 0 radical (unpaired) electrons. The maximum Gasteiger partial charge on any atom is 0.317 e. The van der Waals surface area contributed by atoms with Crippen molar-refractivity contribution in [3.05, 3.63) is 28.2 Å². The zero-order chi connectivity index (χ0) is 16.5. The molecule has 23 heavy (non-hydrogen) atoms. The maximum atomic E-state index is 11.6. The zero-order valence-electron chi connectivity index (χ0n) is 12.8. The van der Waals surface area contributed by atoms with Crippen molar-refractivity contribution in [2.45, 2.75) is 6.42 Å². The highest BCUT2D eigenvalue weighted by Gasteiger charge is 2.09. The fraction of sp³-hybridized carbons (Fsp3) is 0.533. The van der Waals surface area contributed by atoms with E-state index in [4.69, 9.17) is 32.7 Å². The van der Waals surface area contributed by atoms with Gasteiger partial charge in [-0.2, -0.15) is 0 Å². The third-order valence-electron chi connectivity index (χ3n) is 3.39. The van der Waals surface area contributed by atoms with Gasteiger partial charge in [0.1, 0.15) is 5.75 Å². The number of nitrogens with one attached hydrogen (secondary N) is 2. The monoisotopic (exact) mass is 361 g/mol. The number of ether oxygens (including phenoxy) is 2. The van der Waals surface area contributed by atoms with Crippen LogP contribution in [-0.2, 0) is 4.74 Å². The lowest BCUT2D eigenvalue weighted by atomic mass is 10.3. The average molecular weight is 362 g/mol. The minimum atomic E-state index is -0.267. The molecule has 8 heteroatoms. The largest absolute Gasteiger partial charge is 0.472 e. The van der Waals surface area contributed by atoms with Gasteiger partial charge in [-0.1, -0.05) is 23.2 Å². The number of halogens is 2. The first-order valence-corrected chi connectivity index (χ1v) is 8.30. The van der Waals surface area contributed by atoms with Crippen LogP contribution < -0.4 is 15.4 Å². The van der Waals surface area contributed by atoms with Gasteiger partial charge in [-0.3, -0.25) is 4.90 Å². The topological polar surface area (TPSA) is 62.8 Å². The number of carbonyl (C=O) groups is 1. The molecule has 1 aromatic rings. The van der Waals surface area contributed by atoms with Crippen molar-refractivity contribution in [2.75, 3.05) is 46.1 Å². The van der Waals surface area contributed by atoms with Crippen molar-refractivity contribution < 1.29 is 14.3 Å². The fourth-order valence-corrected chi connectivity index (χ4v) is 2.63. The van der Waals surface area contributed by atoms with Crippen LogP contribution in [0.4, 0.5) is 4.79 Å². The number of benzene rings is 1. The fourth-order valence-electron chi connectivity index (χ4n) is 2.16. The van der Waals surface area contributed by atoms with Gasteiger partial charge in [-0.05, 0) is 31.2 Å². The van der Waals surface area contributed by atoms with Crippen LogP contribution in [0.3, 0.4) is 0 Å². The highest BCUT2D eigenvalue weighted by Crippen LogP contribution is 2.27. The van der Waals surface area contributed by atoms with Gasteiger partial charge < -0.3 is 20.1 Å². The van der Waals surface area contributed by atoms with Crippen molar-refractivity contribution in [3.8, 4) is 5.75 Å². The summed E-state index contributed by atoms with van der Waals surface area (Å²) in [5.74, 6) is 0.476. The Balaban J connectivity index is 1.54.